The fourth-order valence-electron chi connectivity index (χ4n) is 2.63. The summed E-state index contributed by atoms with van der Waals surface area (Å²) in [5.41, 5.74) is 0. The summed E-state index contributed by atoms with van der Waals surface area (Å²) in [7, 11) is 0. The highest BCUT2D eigenvalue weighted by Crippen LogP contribution is 2.19. The molecular weight excluding hydrogens is 196 g/mol. The van der Waals surface area contributed by atoms with E-state index < -0.39 is 0 Å². The molecule has 1 N–H and O–H groups in total. The normalized spacial score (nSPS) is 24.6. The Kier molecular flexibility index (Phi) is 7.06. The van der Waals surface area contributed by atoms with Crippen LogP contribution in [0.5, 0.6) is 0 Å². The second-order valence-electron chi connectivity index (χ2n) is 5.48. The monoisotopic (exact) mass is 226 g/mol. The number of piperidine rings is 1. The molecule has 1 aliphatic rings. The molecule has 0 saturated carbocycles. The van der Waals surface area contributed by atoms with Crippen molar-refractivity contribution in [2.24, 2.45) is 5.92 Å². The molecule has 1 heterocycles. The van der Waals surface area contributed by atoms with Crippen molar-refractivity contribution in [3.8, 4) is 0 Å². The molecule has 0 aromatic heterocycles. The van der Waals surface area contributed by atoms with Gasteiger partial charge in [-0.3, -0.25) is 0 Å². The first-order valence-corrected chi connectivity index (χ1v) is 7.18. The van der Waals surface area contributed by atoms with Gasteiger partial charge in [-0.2, -0.15) is 0 Å². The zero-order chi connectivity index (χ0) is 11.8. The van der Waals surface area contributed by atoms with Gasteiger partial charge in [0.05, 0.1) is 0 Å². The van der Waals surface area contributed by atoms with Crippen LogP contribution < -0.4 is 5.32 Å². The van der Waals surface area contributed by atoms with Crippen molar-refractivity contribution in [1.29, 1.82) is 0 Å². The highest BCUT2D eigenvalue weighted by molar-refractivity contribution is 4.75. The van der Waals surface area contributed by atoms with Crippen LogP contribution in [0.2, 0.25) is 0 Å². The Morgan fingerprint density at radius 1 is 1.38 bits per heavy atom. The summed E-state index contributed by atoms with van der Waals surface area (Å²) < 4.78 is 0. The Morgan fingerprint density at radius 2 is 2.19 bits per heavy atom. The van der Waals surface area contributed by atoms with E-state index in [-0.39, 0.29) is 0 Å². The topological polar surface area (TPSA) is 15.3 Å². The molecule has 1 rings (SSSR count). The summed E-state index contributed by atoms with van der Waals surface area (Å²) in [6.45, 7) is 12.0. The molecule has 0 aliphatic carbocycles. The summed E-state index contributed by atoms with van der Waals surface area (Å²) in [5.74, 6) is 0.911. The van der Waals surface area contributed by atoms with Gasteiger partial charge in [0.2, 0.25) is 0 Å². The van der Waals surface area contributed by atoms with E-state index in [1.807, 2.05) is 0 Å². The first-order chi connectivity index (χ1) is 7.74. The summed E-state index contributed by atoms with van der Waals surface area (Å²) in [5, 5.41) is 3.48. The van der Waals surface area contributed by atoms with E-state index in [2.05, 4.69) is 31.0 Å². The Balaban J connectivity index is 2.06. The molecule has 2 unspecified atom stereocenters. The summed E-state index contributed by atoms with van der Waals surface area (Å²) in [6.07, 6.45) is 6.76. The molecule has 0 spiro atoms. The highest BCUT2D eigenvalue weighted by Gasteiger charge is 2.20. The van der Waals surface area contributed by atoms with Gasteiger partial charge in [-0.1, -0.05) is 13.8 Å². The minimum Gasteiger partial charge on any atom is -0.317 e. The number of hydrogen-bond acceptors (Lipinski definition) is 2. The predicted octanol–water partition coefficient (Wildman–Crippen LogP) is 2.89. The van der Waals surface area contributed by atoms with Crippen molar-refractivity contribution in [2.45, 2.75) is 58.9 Å². The molecule has 0 amide bonds. The SMILES string of the molecule is CCCNCCCC(C)N1CCCC(C)C1. The van der Waals surface area contributed by atoms with Gasteiger partial charge in [0.15, 0.2) is 0 Å². The molecule has 2 atom stereocenters. The maximum absolute atomic E-state index is 3.48. The maximum Gasteiger partial charge on any atom is 0.00675 e. The van der Waals surface area contributed by atoms with Gasteiger partial charge in [0.1, 0.15) is 0 Å². The molecule has 0 bridgehead atoms. The van der Waals surface area contributed by atoms with Crippen molar-refractivity contribution in [1.82, 2.24) is 10.2 Å². The largest absolute Gasteiger partial charge is 0.317 e. The second-order valence-corrected chi connectivity index (χ2v) is 5.48. The number of likely N-dealkylation sites (tertiary alicyclic amines) is 1. The minimum absolute atomic E-state index is 0.783. The van der Waals surface area contributed by atoms with E-state index in [9.17, 15) is 0 Å². The Hall–Kier alpha value is -0.0800. The van der Waals surface area contributed by atoms with Crippen LogP contribution in [0.15, 0.2) is 0 Å². The van der Waals surface area contributed by atoms with E-state index in [0.717, 1.165) is 12.0 Å². The lowest BCUT2D eigenvalue weighted by molar-refractivity contribution is 0.131. The van der Waals surface area contributed by atoms with Crippen molar-refractivity contribution < 1.29 is 0 Å². The average molecular weight is 226 g/mol. The second kappa shape index (κ2) is 8.08. The molecular formula is C14H30N2. The van der Waals surface area contributed by atoms with Gasteiger partial charge < -0.3 is 10.2 Å². The average Bonchev–Trinajstić information content (AvgIpc) is 2.28. The molecule has 0 radical (unpaired) electrons. The lowest BCUT2D eigenvalue weighted by atomic mass is 9.98. The van der Waals surface area contributed by atoms with Gasteiger partial charge in [-0.15, -0.1) is 0 Å². The number of nitrogens with one attached hydrogen (secondary N) is 1. The van der Waals surface area contributed by atoms with Gasteiger partial charge >= 0.3 is 0 Å². The van der Waals surface area contributed by atoms with Crippen molar-refractivity contribution >= 4 is 0 Å². The fourth-order valence-corrected chi connectivity index (χ4v) is 2.63. The lowest BCUT2D eigenvalue weighted by Gasteiger charge is -2.35. The smallest absolute Gasteiger partial charge is 0.00675 e. The third-order valence-corrected chi connectivity index (χ3v) is 3.71. The molecule has 0 aromatic carbocycles. The highest BCUT2D eigenvalue weighted by atomic mass is 15.2. The maximum atomic E-state index is 3.48. The van der Waals surface area contributed by atoms with Crippen LogP contribution in [0.25, 0.3) is 0 Å². The third kappa shape index (κ3) is 5.31. The van der Waals surface area contributed by atoms with Gasteiger partial charge in [0, 0.05) is 12.6 Å². The lowest BCUT2D eigenvalue weighted by Crippen LogP contribution is -2.40. The molecule has 16 heavy (non-hydrogen) atoms. The summed E-state index contributed by atoms with van der Waals surface area (Å²) in [6, 6.07) is 0.783. The van der Waals surface area contributed by atoms with E-state index in [1.54, 1.807) is 0 Å². The quantitative estimate of drug-likeness (QED) is 0.672. The van der Waals surface area contributed by atoms with Gasteiger partial charge in [-0.05, 0) is 64.6 Å². The molecule has 1 saturated heterocycles. The number of rotatable bonds is 7. The van der Waals surface area contributed by atoms with Crippen molar-refractivity contribution in [3.63, 3.8) is 0 Å². The van der Waals surface area contributed by atoms with E-state index >= 15 is 0 Å². The van der Waals surface area contributed by atoms with Crippen LogP contribution in [0.1, 0.15) is 52.9 Å². The van der Waals surface area contributed by atoms with Gasteiger partial charge in [-0.25, -0.2) is 0 Å². The van der Waals surface area contributed by atoms with Crippen LogP contribution in [-0.2, 0) is 0 Å². The standard InChI is InChI=1S/C14H30N2/c1-4-9-15-10-5-8-14(3)16-11-6-7-13(2)12-16/h13-15H,4-12H2,1-3H3. The summed E-state index contributed by atoms with van der Waals surface area (Å²) >= 11 is 0. The first kappa shape index (κ1) is 14.0. The van der Waals surface area contributed by atoms with Gasteiger partial charge in [0.25, 0.3) is 0 Å². The van der Waals surface area contributed by atoms with Crippen molar-refractivity contribution in [3.05, 3.63) is 0 Å². The van der Waals surface area contributed by atoms with E-state index in [4.69, 9.17) is 0 Å². The van der Waals surface area contributed by atoms with Crippen LogP contribution >= 0.6 is 0 Å². The Labute approximate surface area is 102 Å². The van der Waals surface area contributed by atoms with Crippen LogP contribution in [0.4, 0.5) is 0 Å². The van der Waals surface area contributed by atoms with Crippen molar-refractivity contribution in [2.75, 3.05) is 26.2 Å². The Morgan fingerprint density at radius 3 is 2.88 bits per heavy atom. The number of hydrogen-bond donors (Lipinski definition) is 1. The van der Waals surface area contributed by atoms with E-state index in [0.29, 0.717) is 0 Å². The van der Waals surface area contributed by atoms with Crippen LogP contribution in [0, 0.1) is 5.92 Å². The molecule has 2 nitrogen and oxygen atoms in total. The molecule has 1 aliphatic heterocycles. The zero-order valence-electron chi connectivity index (χ0n) is 11.5. The van der Waals surface area contributed by atoms with Crippen LogP contribution in [0.3, 0.4) is 0 Å². The first-order valence-electron chi connectivity index (χ1n) is 7.18. The summed E-state index contributed by atoms with van der Waals surface area (Å²) in [4.78, 5) is 2.69. The Bertz CT molecular complexity index is 170. The molecule has 96 valence electrons. The zero-order valence-corrected chi connectivity index (χ0v) is 11.5. The number of nitrogens with zero attached hydrogens (tertiary/aromatic N) is 1. The molecule has 0 aromatic rings. The fraction of sp³-hybridized carbons (Fsp3) is 1.00. The van der Waals surface area contributed by atoms with E-state index in [1.165, 1.54) is 58.3 Å². The minimum atomic E-state index is 0.783. The molecule has 2 heteroatoms. The predicted molar refractivity (Wildman–Crippen MR) is 71.8 cm³/mol. The molecule has 1 fully saturated rings. The third-order valence-electron chi connectivity index (χ3n) is 3.71. The van der Waals surface area contributed by atoms with Crippen LogP contribution in [-0.4, -0.2) is 37.1 Å².